The van der Waals surface area contributed by atoms with Crippen molar-refractivity contribution >= 4 is 11.5 Å². The topological polar surface area (TPSA) is 109 Å². The molecule has 0 amide bonds. The molecule has 0 saturated carbocycles. The van der Waals surface area contributed by atoms with Gasteiger partial charge in [0, 0.05) is 23.4 Å². The van der Waals surface area contributed by atoms with Crippen LogP contribution in [-0.2, 0) is 4.79 Å². The first-order valence-electron chi connectivity index (χ1n) is 9.97. The highest BCUT2D eigenvalue weighted by atomic mass is 16.5. The van der Waals surface area contributed by atoms with Crippen molar-refractivity contribution in [2.75, 3.05) is 19.1 Å². The maximum atomic E-state index is 13.1. The summed E-state index contributed by atoms with van der Waals surface area (Å²) in [6.45, 7) is 0. The molecule has 0 fully saturated rings. The van der Waals surface area contributed by atoms with Gasteiger partial charge in [-0.05, 0) is 54.8 Å². The molecule has 1 atom stereocenters. The van der Waals surface area contributed by atoms with Crippen LogP contribution in [0, 0.1) is 11.3 Å². The zero-order valence-corrected chi connectivity index (χ0v) is 17.4. The summed E-state index contributed by atoms with van der Waals surface area (Å²) in [5, 5.41) is 20.1. The summed E-state index contributed by atoms with van der Waals surface area (Å²) in [5.41, 5.74) is 9.63. The maximum absolute atomic E-state index is 13.1. The zero-order valence-electron chi connectivity index (χ0n) is 17.4. The van der Waals surface area contributed by atoms with Gasteiger partial charge in [0.1, 0.15) is 11.6 Å². The highest BCUT2D eigenvalue weighted by molar-refractivity contribution is 6.01. The van der Waals surface area contributed by atoms with Crippen LogP contribution in [0.2, 0.25) is 0 Å². The molecule has 0 aromatic heterocycles. The van der Waals surface area contributed by atoms with Crippen molar-refractivity contribution in [2.45, 2.75) is 25.2 Å². The molecule has 7 nitrogen and oxygen atoms in total. The molecule has 1 aliphatic carbocycles. The minimum Gasteiger partial charge on any atom is -0.504 e. The van der Waals surface area contributed by atoms with Crippen LogP contribution in [0.1, 0.15) is 30.7 Å². The number of carbonyl (C=O) groups is 1. The molecule has 0 spiro atoms. The summed E-state index contributed by atoms with van der Waals surface area (Å²) < 4.78 is 10.5. The monoisotopic (exact) mass is 417 g/mol. The van der Waals surface area contributed by atoms with Crippen molar-refractivity contribution in [3.8, 4) is 23.3 Å². The molecule has 0 unspecified atom stereocenters. The molecule has 31 heavy (non-hydrogen) atoms. The van der Waals surface area contributed by atoms with Gasteiger partial charge in [0.2, 0.25) is 0 Å². The van der Waals surface area contributed by atoms with E-state index in [1.165, 1.54) is 13.2 Å². The third-order valence-corrected chi connectivity index (χ3v) is 5.78. The van der Waals surface area contributed by atoms with E-state index in [0.717, 1.165) is 11.4 Å². The molecule has 158 valence electrons. The maximum Gasteiger partial charge on any atom is 0.161 e. The summed E-state index contributed by atoms with van der Waals surface area (Å²) >= 11 is 0. The molecule has 1 heterocycles. The number of nitrogens with zero attached hydrogens (tertiary/aromatic N) is 2. The van der Waals surface area contributed by atoms with Gasteiger partial charge < -0.3 is 20.3 Å². The Labute approximate surface area is 180 Å². The van der Waals surface area contributed by atoms with Crippen LogP contribution in [0.25, 0.3) is 0 Å². The van der Waals surface area contributed by atoms with Gasteiger partial charge in [0.25, 0.3) is 0 Å². The van der Waals surface area contributed by atoms with E-state index in [9.17, 15) is 15.2 Å². The number of phenolic OH excluding ortho intramolecular Hbond substituents is 1. The van der Waals surface area contributed by atoms with Gasteiger partial charge in [0.15, 0.2) is 17.3 Å². The van der Waals surface area contributed by atoms with Gasteiger partial charge in [-0.1, -0.05) is 6.07 Å². The SMILES string of the molecule is COc1ccc(N2C(N)=C(C#N)[C@H](c3ccc(O)c(OC)c3)C3=C2CCCC3=O)cc1. The predicted molar refractivity (Wildman–Crippen MR) is 116 cm³/mol. The lowest BCUT2D eigenvalue weighted by atomic mass is 9.75. The molecule has 0 bridgehead atoms. The lowest BCUT2D eigenvalue weighted by molar-refractivity contribution is -0.116. The third kappa shape index (κ3) is 3.36. The zero-order chi connectivity index (χ0) is 22.1. The highest BCUT2D eigenvalue weighted by Crippen LogP contribution is 2.47. The fourth-order valence-corrected chi connectivity index (χ4v) is 4.32. The number of benzene rings is 2. The molecule has 4 rings (SSSR count). The number of hydrogen-bond acceptors (Lipinski definition) is 7. The van der Waals surface area contributed by atoms with Crippen LogP contribution in [-0.4, -0.2) is 25.1 Å². The predicted octanol–water partition coefficient (Wildman–Crippen LogP) is 3.71. The van der Waals surface area contributed by atoms with Crippen LogP contribution in [0.4, 0.5) is 5.69 Å². The van der Waals surface area contributed by atoms with Crippen molar-refractivity contribution in [3.05, 3.63) is 70.7 Å². The van der Waals surface area contributed by atoms with Gasteiger partial charge >= 0.3 is 0 Å². The van der Waals surface area contributed by atoms with E-state index >= 15 is 0 Å². The summed E-state index contributed by atoms with van der Waals surface area (Å²) in [4.78, 5) is 14.9. The van der Waals surface area contributed by atoms with Crippen LogP contribution >= 0.6 is 0 Å². The number of hydrogen-bond donors (Lipinski definition) is 2. The number of methoxy groups -OCH3 is 2. The second kappa shape index (κ2) is 8.07. The number of ketones is 1. The van der Waals surface area contributed by atoms with Crippen LogP contribution in [0.3, 0.4) is 0 Å². The Morgan fingerprint density at radius 1 is 1.13 bits per heavy atom. The standard InChI is InChI=1S/C24H23N3O4/c1-30-16-9-7-15(8-10-16)27-18-4-3-5-20(29)23(18)22(17(13-25)24(27)26)14-6-11-19(28)21(12-14)31-2/h6-12,22,28H,3-5,26H2,1-2H3/t22-/m0/s1. The Bertz CT molecular complexity index is 1140. The lowest BCUT2D eigenvalue weighted by Gasteiger charge is -2.39. The smallest absolute Gasteiger partial charge is 0.161 e. The van der Waals surface area contributed by atoms with E-state index in [-0.39, 0.29) is 28.7 Å². The molecule has 7 heteroatoms. The number of rotatable bonds is 4. The summed E-state index contributed by atoms with van der Waals surface area (Å²) in [6, 6.07) is 14.4. The van der Waals surface area contributed by atoms with Gasteiger partial charge in [0.05, 0.1) is 31.8 Å². The average Bonchev–Trinajstić information content (AvgIpc) is 2.79. The Balaban J connectivity index is 1.93. The minimum atomic E-state index is -0.614. The molecule has 2 aliphatic rings. The first-order chi connectivity index (χ1) is 15.0. The lowest BCUT2D eigenvalue weighted by Crippen LogP contribution is -2.38. The Morgan fingerprint density at radius 3 is 2.52 bits per heavy atom. The van der Waals surface area contributed by atoms with Crippen molar-refractivity contribution in [2.24, 2.45) is 5.73 Å². The average molecular weight is 417 g/mol. The van der Waals surface area contributed by atoms with Crippen molar-refractivity contribution in [3.63, 3.8) is 0 Å². The third-order valence-electron chi connectivity index (χ3n) is 5.78. The number of nitriles is 1. The number of aromatic hydroxyl groups is 1. The second-order valence-electron chi connectivity index (χ2n) is 7.45. The van der Waals surface area contributed by atoms with Gasteiger partial charge in [-0.25, -0.2) is 0 Å². The largest absolute Gasteiger partial charge is 0.504 e. The van der Waals surface area contributed by atoms with E-state index < -0.39 is 5.92 Å². The van der Waals surface area contributed by atoms with Crippen molar-refractivity contribution in [1.82, 2.24) is 0 Å². The van der Waals surface area contributed by atoms with Gasteiger partial charge in [-0.15, -0.1) is 0 Å². The van der Waals surface area contributed by atoms with Crippen molar-refractivity contribution in [1.29, 1.82) is 5.26 Å². The molecule has 0 radical (unpaired) electrons. The Kier molecular flexibility index (Phi) is 5.30. The molecule has 0 saturated heterocycles. The number of phenols is 1. The normalized spacial score (nSPS) is 18.5. The Hall–Kier alpha value is -3.92. The fourth-order valence-electron chi connectivity index (χ4n) is 4.32. The summed E-state index contributed by atoms with van der Waals surface area (Å²) in [7, 11) is 3.05. The first kappa shape index (κ1) is 20.4. The van der Waals surface area contributed by atoms with Gasteiger partial charge in [-0.2, -0.15) is 5.26 Å². The molecule has 2 aromatic carbocycles. The number of ether oxygens (including phenoxy) is 2. The second-order valence-corrected chi connectivity index (χ2v) is 7.45. The number of nitrogens with two attached hydrogens (primary N) is 1. The summed E-state index contributed by atoms with van der Waals surface area (Å²) in [6.07, 6.45) is 1.79. The minimum absolute atomic E-state index is 0.00273. The van der Waals surface area contributed by atoms with Crippen LogP contribution < -0.4 is 20.1 Å². The molecule has 1 aliphatic heterocycles. The number of carbonyl (C=O) groups excluding carboxylic acids is 1. The van der Waals surface area contributed by atoms with E-state index in [1.54, 1.807) is 24.1 Å². The van der Waals surface area contributed by atoms with Gasteiger partial charge in [-0.3, -0.25) is 9.69 Å². The van der Waals surface area contributed by atoms with E-state index in [1.807, 2.05) is 24.3 Å². The van der Waals surface area contributed by atoms with Crippen LogP contribution in [0.15, 0.2) is 65.1 Å². The molecule has 3 N–H and O–H groups in total. The van der Waals surface area contributed by atoms with Crippen molar-refractivity contribution < 1.29 is 19.4 Å². The Morgan fingerprint density at radius 2 is 1.87 bits per heavy atom. The summed E-state index contributed by atoms with van der Waals surface area (Å²) in [5.74, 6) is 0.636. The van der Waals surface area contributed by atoms with E-state index in [4.69, 9.17) is 15.2 Å². The number of Topliss-reactive ketones (excluding diaryl/α,β-unsaturated/α-hetero) is 1. The highest BCUT2D eigenvalue weighted by Gasteiger charge is 2.40. The molecule has 2 aromatic rings. The molecular weight excluding hydrogens is 394 g/mol. The fraction of sp³-hybridized carbons (Fsp3) is 0.250. The number of anilines is 1. The van der Waals surface area contributed by atoms with E-state index in [0.29, 0.717) is 36.1 Å². The van der Waals surface area contributed by atoms with E-state index in [2.05, 4.69) is 6.07 Å². The first-order valence-corrected chi connectivity index (χ1v) is 9.97. The molecular formula is C24H23N3O4. The number of allylic oxidation sites excluding steroid dienone is 3. The van der Waals surface area contributed by atoms with Crippen LogP contribution in [0.5, 0.6) is 17.2 Å². The quantitative estimate of drug-likeness (QED) is 0.780.